The first-order chi connectivity index (χ1) is 14.1. The molecule has 0 bridgehead atoms. The maximum absolute atomic E-state index is 13.0. The van der Waals surface area contributed by atoms with E-state index in [-0.39, 0.29) is 30.2 Å². The summed E-state index contributed by atoms with van der Waals surface area (Å²) in [6.07, 6.45) is 2.01. The van der Waals surface area contributed by atoms with Gasteiger partial charge >= 0.3 is 6.03 Å². The molecule has 2 rings (SSSR count). The molecule has 1 atom stereocenters. The van der Waals surface area contributed by atoms with Gasteiger partial charge in [-0.2, -0.15) is 0 Å². The lowest BCUT2D eigenvalue weighted by Gasteiger charge is -2.31. The fraction of sp³-hybridized carbons (Fsp3) is 0.636. The summed E-state index contributed by atoms with van der Waals surface area (Å²) < 4.78 is 10.7. The van der Waals surface area contributed by atoms with E-state index in [1.165, 1.54) is 7.11 Å². The normalized spacial score (nSPS) is 16.3. The van der Waals surface area contributed by atoms with Crippen LogP contribution in [0.25, 0.3) is 0 Å². The number of nitrogens with zero attached hydrogens (tertiary/aromatic N) is 2. The van der Waals surface area contributed by atoms with Gasteiger partial charge in [0.25, 0.3) is 0 Å². The monoisotopic (exact) mass is 420 g/mol. The van der Waals surface area contributed by atoms with Crippen LogP contribution in [0, 0.1) is 0 Å². The molecule has 1 aliphatic rings. The average molecular weight is 421 g/mol. The van der Waals surface area contributed by atoms with Crippen LogP contribution in [-0.4, -0.2) is 69.4 Å². The highest BCUT2D eigenvalue weighted by Crippen LogP contribution is 2.26. The summed E-state index contributed by atoms with van der Waals surface area (Å²) in [6, 6.07) is 5.59. The number of nitrogens with one attached hydrogen (secondary N) is 2. The van der Waals surface area contributed by atoms with Crippen LogP contribution in [0.15, 0.2) is 18.2 Å². The van der Waals surface area contributed by atoms with Gasteiger partial charge in [-0.25, -0.2) is 4.79 Å². The number of ether oxygens (including phenoxy) is 2. The molecule has 0 aliphatic carbocycles. The molecule has 168 valence electrons. The number of methoxy groups -OCH3 is 1. The van der Waals surface area contributed by atoms with Gasteiger partial charge in [-0.3, -0.25) is 4.79 Å². The van der Waals surface area contributed by atoms with Gasteiger partial charge in [-0.1, -0.05) is 0 Å². The van der Waals surface area contributed by atoms with Crippen LogP contribution in [0.1, 0.15) is 39.2 Å². The topological polar surface area (TPSA) is 83.1 Å². The highest BCUT2D eigenvalue weighted by Gasteiger charge is 2.26. The SMILES string of the molecule is COCC(=O)Nc1ccc(N(C)C)c(CN(C[C@H]2CCCO2)C(=O)NC(C)(C)C)c1. The third-order valence-electron chi connectivity index (χ3n) is 4.70. The molecule has 0 saturated carbocycles. The van der Waals surface area contributed by atoms with E-state index < -0.39 is 0 Å². The molecule has 1 aromatic carbocycles. The van der Waals surface area contributed by atoms with Crippen molar-refractivity contribution < 1.29 is 19.1 Å². The van der Waals surface area contributed by atoms with Crippen molar-refractivity contribution in [1.29, 1.82) is 0 Å². The van der Waals surface area contributed by atoms with E-state index in [0.717, 1.165) is 30.7 Å². The Morgan fingerprint density at radius 1 is 1.27 bits per heavy atom. The maximum atomic E-state index is 13.0. The Hall–Kier alpha value is -2.32. The number of carbonyl (C=O) groups is 2. The van der Waals surface area contributed by atoms with Crippen molar-refractivity contribution in [3.8, 4) is 0 Å². The number of urea groups is 1. The first kappa shape index (κ1) is 24.0. The molecule has 0 radical (unpaired) electrons. The average Bonchev–Trinajstić information content (AvgIpc) is 3.13. The molecule has 2 N–H and O–H groups in total. The molecule has 30 heavy (non-hydrogen) atoms. The van der Waals surface area contributed by atoms with E-state index in [0.29, 0.717) is 18.8 Å². The summed E-state index contributed by atoms with van der Waals surface area (Å²) in [4.78, 5) is 28.8. The number of rotatable bonds is 8. The fourth-order valence-corrected chi connectivity index (χ4v) is 3.41. The molecule has 0 unspecified atom stereocenters. The third kappa shape index (κ3) is 7.50. The molecule has 1 saturated heterocycles. The van der Waals surface area contributed by atoms with Gasteiger partial charge in [0.2, 0.25) is 5.91 Å². The second-order valence-corrected chi connectivity index (χ2v) is 8.91. The van der Waals surface area contributed by atoms with E-state index in [1.54, 1.807) is 4.90 Å². The summed E-state index contributed by atoms with van der Waals surface area (Å²) in [5, 5.41) is 5.89. The maximum Gasteiger partial charge on any atom is 0.318 e. The van der Waals surface area contributed by atoms with Gasteiger partial charge < -0.3 is 29.9 Å². The zero-order chi connectivity index (χ0) is 22.3. The number of amides is 3. The Balaban J connectivity index is 2.27. The Labute approximate surface area is 179 Å². The van der Waals surface area contributed by atoms with Crippen molar-refractivity contribution in [1.82, 2.24) is 10.2 Å². The van der Waals surface area contributed by atoms with E-state index in [2.05, 4.69) is 10.6 Å². The van der Waals surface area contributed by atoms with Crippen LogP contribution in [0.4, 0.5) is 16.2 Å². The summed E-state index contributed by atoms with van der Waals surface area (Å²) in [5.41, 5.74) is 2.26. The minimum atomic E-state index is -0.341. The van der Waals surface area contributed by atoms with Gasteiger partial charge in [0.05, 0.1) is 6.10 Å². The summed E-state index contributed by atoms with van der Waals surface area (Å²) in [5.74, 6) is -0.220. The summed E-state index contributed by atoms with van der Waals surface area (Å²) in [7, 11) is 5.40. The third-order valence-corrected chi connectivity index (χ3v) is 4.70. The van der Waals surface area contributed by atoms with Crippen molar-refractivity contribution in [2.45, 2.75) is 51.8 Å². The molecule has 3 amide bonds. The quantitative estimate of drug-likeness (QED) is 0.676. The molecular formula is C22H36N4O4. The van der Waals surface area contributed by atoms with Crippen LogP contribution in [0.2, 0.25) is 0 Å². The van der Waals surface area contributed by atoms with Crippen molar-refractivity contribution in [3.05, 3.63) is 23.8 Å². The van der Waals surface area contributed by atoms with E-state index in [9.17, 15) is 9.59 Å². The molecule has 1 heterocycles. The molecule has 1 aliphatic heterocycles. The highest BCUT2D eigenvalue weighted by atomic mass is 16.5. The summed E-state index contributed by atoms with van der Waals surface area (Å²) >= 11 is 0. The van der Waals surface area contributed by atoms with Crippen LogP contribution in [0.5, 0.6) is 0 Å². The van der Waals surface area contributed by atoms with Crippen LogP contribution in [-0.2, 0) is 20.8 Å². The van der Waals surface area contributed by atoms with E-state index in [1.807, 2.05) is 58.0 Å². The van der Waals surface area contributed by atoms with Crippen molar-refractivity contribution in [3.63, 3.8) is 0 Å². The Kier molecular flexibility index (Phi) is 8.49. The number of anilines is 2. The van der Waals surface area contributed by atoms with Crippen LogP contribution < -0.4 is 15.5 Å². The van der Waals surface area contributed by atoms with E-state index >= 15 is 0 Å². The predicted molar refractivity (Wildman–Crippen MR) is 119 cm³/mol. The number of carbonyl (C=O) groups excluding carboxylic acids is 2. The Morgan fingerprint density at radius 3 is 2.57 bits per heavy atom. The van der Waals surface area contributed by atoms with Gasteiger partial charge in [-0.05, 0) is 57.4 Å². The number of hydrogen-bond donors (Lipinski definition) is 2. The fourth-order valence-electron chi connectivity index (χ4n) is 3.41. The zero-order valence-corrected chi connectivity index (χ0v) is 19.1. The molecule has 1 fully saturated rings. The Bertz CT molecular complexity index is 724. The zero-order valence-electron chi connectivity index (χ0n) is 19.1. The van der Waals surface area contributed by atoms with E-state index in [4.69, 9.17) is 9.47 Å². The number of hydrogen-bond acceptors (Lipinski definition) is 5. The molecular weight excluding hydrogens is 384 g/mol. The lowest BCUT2D eigenvalue weighted by Crippen LogP contribution is -2.50. The standard InChI is InChI=1S/C22H36N4O4/c1-22(2,3)24-21(28)26(14-18-8-7-11-30-18)13-16-12-17(23-20(27)15-29-6)9-10-19(16)25(4)5/h9-10,12,18H,7-8,11,13-15H2,1-6H3,(H,23,27)(H,24,28)/t18-/m1/s1. The molecule has 0 aromatic heterocycles. The van der Waals surface area contributed by atoms with Gasteiger partial charge in [0, 0.05) is 57.8 Å². The van der Waals surface area contributed by atoms with Gasteiger partial charge in [0.15, 0.2) is 0 Å². The first-order valence-corrected chi connectivity index (χ1v) is 10.4. The first-order valence-electron chi connectivity index (χ1n) is 10.4. The Morgan fingerprint density at radius 2 is 2.00 bits per heavy atom. The van der Waals surface area contributed by atoms with Gasteiger partial charge in [-0.15, -0.1) is 0 Å². The second kappa shape index (κ2) is 10.6. The highest BCUT2D eigenvalue weighted by molar-refractivity contribution is 5.92. The van der Waals surface area contributed by atoms with Gasteiger partial charge in [0.1, 0.15) is 6.61 Å². The lowest BCUT2D eigenvalue weighted by atomic mass is 10.1. The molecule has 0 spiro atoms. The van der Waals surface area contributed by atoms with Crippen molar-refractivity contribution in [2.75, 3.05) is 51.2 Å². The predicted octanol–water partition coefficient (Wildman–Crippen LogP) is 2.83. The molecule has 8 heteroatoms. The molecule has 1 aromatic rings. The summed E-state index contributed by atoms with van der Waals surface area (Å²) in [6.45, 7) is 7.55. The second-order valence-electron chi connectivity index (χ2n) is 8.91. The largest absolute Gasteiger partial charge is 0.377 e. The lowest BCUT2D eigenvalue weighted by molar-refractivity contribution is -0.119. The van der Waals surface area contributed by atoms with Crippen LogP contribution >= 0.6 is 0 Å². The minimum absolute atomic E-state index is 0.0100. The number of benzene rings is 1. The van der Waals surface area contributed by atoms with Crippen molar-refractivity contribution in [2.24, 2.45) is 0 Å². The smallest absolute Gasteiger partial charge is 0.318 e. The minimum Gasteiger partial charge on any atom is -0.377 e. The molecule has 8 nitrogen and oxygen atoms in total. The van der Waals surface area contributed by atoms with Crippen LogP contribution in [0.3, 0.4) is 0 Å². The van der Waals surface area contributed by atoms with Crippen molar-refractivity contribution >= 4 is 23.3 Å².